The second-order valence-corrected chi connectivity index (χ2v) is 4.33. The lowest BCUT2D eigenvalue weighted by Gasteiger charge is -2.14. The Balaban J connectivity index is 2.62. The van der Waals surface area contributed by atoms with Crippen molar-refractivity contribution < 1.29 is 9.47 Å². The van der Waals surface area contributed by atoms with E-state index in [-0.39, 0.29) is 0 Å². The van der Waals surface area contributed by atoms with E-state index in [1.54, 1.807) is 14.2 Å². The van der Waals surface area contributed by atoms with E-state index in [1.165, 1.54) is 16.7 Å². The molecule has 0 amide bonds. The van der Waals surface area contributed by atoms with Crippen molar-refractivity contribution in [1.29, 1.82) is 0 Å². The van der Waals surface area contributed by atoms with Gasteiger partial charge in [0.15, 0.2) is 0 Å². The first-order valence-corrected chi connectivity index (χ1v) is 5.96. The van der Waals surface area contributed by atoms with Crippen molar-refractivity contribution in [2.75, 3.05) is 14.2 Å². The highest BCUT2D eigenvalue weighted by Gasteiger charge is 2.11. The summed E-state index contributed by atoms with van der Waals surface area (Å²) in [5.41, 5.74) is 4.73. The monoisotopic (exact) mass is 242 g/mol. The molecule has 2 nitrogen and oxygen atoms in total. The highest BCUT2D eigenvalue weighted by Crippen LogP contribution is 2.36. The van der Waals surface area contributed by atoms with Gasteiger partial charge in [-0.25, -0.2) is 0 Å². The van der Waals surface area contributed by atoms with Crippen LogP contribution >= 0.6 is 0 Å². The molecule has 18 heavy (non-hydrogen) atoms. The number of hydrogen-bond donors (Lipinski definition) is 0. The van der Waals surface area contributed by atoms with Crippen molar-refractivity contribution in [2.45, 2.75) is 13.8 Å². The molecule has 2 rings (SSSR count). The van der Waals surface area contributed by atoms with Gasteiger partial charge >= 0.3 is 0 Å². The summed E-state index contributed by atoms with van der Waals surface area (Å²) in [5, 5.41) is 0. The molecule has 0 aliphatic carbocycles. The van der Waals surface area contributed by atoms with Crippen molar-refractivity contribution in [1.82, 2.24) is 0 Å². The fraction of sp³-hybridized carbons (Fsp3) is 0.250. The fourth-order valence-electron chi connectivity index (χ4n) is 2.20. The zero-order chi connectivity index (χ0) is 13.1. The predicted octanol–water partition coefficient (Wildman–Crippen LogP) is 3.99. The van der Waals surface area contributed by atoms with Crippen molar-refractivity contribution in [2.24, 2.45) is 0 Å². The summed E-state index contributed by atoms with van der Waals surface area (Å²) < 4.78 is 10.7. The Labute approximate surface area is 108 Å². The van der Waals surface area contributed by atoms with Crippen LogP contribution in [0.25, 0.3) is 11.1 Å². The summed E-state index contributed by atoms with van der Waals surface area (Å²) >= 11 is 0. The van der Waals surface area contributed by atoms with E-state index in [1.807, 2.05) is 24.3 Å². The number of benzene rings is 2. The highest BCUT2D eigenvalue weighted by atomic mass is 16.5. The molecule has 0 fully saturated rings. The van der Waals surface area contributed by atoms with Gasteiger partial charge in [0.1, 0.15) is 11.5 Å². The maximum absolute atomic E-state index is 5.46. The molecule has 2 aromatic carbocycles. The molecule has 94 valence electrons. The second kappa shape index (κ2) is 5.13. The third-order valence-corrected chi connectivity index (χ3v) is 3.16. The molecule has 0 unspecified atom stereocenters. The Hall–Kier alpha value is -1.96. The molecule has 0 radical (unpaired) electrons. The number of methoxy groups -OCH3 is 2. The Morgan fingerprint density at radius 3 is 2.22 bits per heavy atom. The molecule has 0 aromatic heterocycles. The molecule has 0 spiro atoms. The molecule has 2 aromatic rings. The zero-order valence-corrected chi connectivity index (χ0v) is 11.3. The third kappa shape index (κ3) is 2.19. The van der Waals surface area contributed by atoms with Crippen molar-refractivity contribution in [3.63, 3.8) is 0 Å². The molecular formula is C16H18O2. The fourth-order valence-corrected chi connectivity index (χ4v) is 2.20. The summed E-state index contributed by atoms with van der Waals surface area (Å²) in [7, 11) is 3.39. The SMILES string of the molecule is COc1ccc(-c2c(C)cccc2OC)c(C)c1. The van der Waals surface area contributed by atoms with Gasteiger partial charge in [0, 0.05) is 5.56 Å². The summed E-state index contributed by atoms with van der Waals surface area (Å²) in [4.78, 5) is 0. The summed E-state index contributed by atoms with van der Waals surface area (Å²) in [5.74, 6) is 1.78. The van der Waals surface area contributed by atoms with Gasteiger partial charge in [-0.3, -0.25) is 0 Å². The van der Waals surface area contributed by atoms with Gasteiger partial charge in [0.2, 0.25) is 0 Å². The standard InChI is InChI=1S/C16H18O2/c1-11-6-5-7-15(18-4)16(11)14-9-8-13(17-3)10-12(14)2/h5-10H,1-4H3. The van der Waals surface area contributed by atoms with Crippen LogP contribution in [0.1, 0.15) is 11.1 Å². The largest absolute Gasteiger partial charge is 0.497 e. The molecule has 0 N–H and O–H groups in total. The second-order valence-electron chi connectivity index (χ2n) is 4.33. The maximum atomic E-state index is 5.46. The van der Waals surface area contributed by atoms with E-state index in [0.717, 1.165) is 17.1 Å². The van der Waals surface area contributed by atoms with Crippen LogP contribution in [0.3, 0.4) is 0 Å². The topological polar surface area (TPSA) is 18.5 Å². The number of rotatable bonds is 3. The van der Waals surface area contributed by atoms with Gasteiger partial charge in [-0.15, -0.1) is 0 Å². The first-order chi connectivity index (χ1) is 8.67. The number of aryl methyl sites for hydroxylation is 2. The van der Waals surface area contributed by atoms with Gasteiger partial charge in [0.05, 0.1) is 14.2 Å². The van der Waals surface area contributed by atoms with Crippen molar-refractivity contribution in [3.8, 4) is 22.6 Å². The minimum atomic E-state index is 0.879. The van der Waals surface area contributed by atoms with Crippen LogP contribution in [0.2, 0.25) is 0 Å². The lowest BCUT2D eigenvalue weighted by atomic mass is 9.95. The summed E-state index contributed by atoms with van der Waals surface area (Å²) in [6.07, 6.45) is 0. The quantitative estimate of drug-likeness (QED) is 0.810. The average Bonchev–Trinajstić information content (AvgIpc) is 2.39. The first-order valence-electron chi connectivity index (χ1n) is 5.96. The summed E-state index contributed by atoms with van der Waals surface area (Å²) in [6.45, 7) is 4.19. The van der Waals surface area contributed by atoms with Crippen LogP contribution < -0.4 is 9.47 Å². The minimum absolute atomic E-state index is 0.879. The van der Waals surface area contributed by atoms with Gasteiger partial charge in [-0.2, -0.15) is 0 Å². The van der Waals surface area contributed by atoms with E-state index < -0.39 is 0 Å². The van der Waals surface area contributed by atoms with Gasteiger partial charge in [0.25, 0.3) is 0 Å². The predicted molar refractivity (Wildman–Crippen MR) is 74.5 cm³/mol. The molecular weight excluding hydrogens is 224 g/mol. The zero-order valence-electron chi connectivity index (χ0n) is 11.3. The van der Waals surface area contributed by atoms with Crippen LogP contribution in [0, 0.1) is 13.8 Å². The van der Waals surface area contributed by atoms with Gasteiger partial charge in [-0.05, 0) is 48.7 Å². The molecule has 0 aliphatic heterocycles. The molecule has 0 atom stereocenters. The van der Waals surface area contributed by atoms with Crippen LogP contribution in [0.15, 0.2) is 36.4 Å². The van der Waals surface area contributed by atoms with Gasteiger partial charge < -0.3 is 9.47 Å². The summed E-state index contributed by atoms with van der Waals surface area (Å²) in [6, 6.07) is 12.2. The van der Waals surface area contributed by atoms with Crippen LogP contribution in [-0.2, 0) is 0 Å². The maximum Gasteiger partial charge on any atom is 0.126 e. The third-order valence-electron chi connectivity index (χ3n) is 3.16. The first kappa shape index (κ1) is 12.5. The minimum Gasteiger partial charge on any atom is -0.497 e. The van der Waals surface area contributed by atoms with E-state index in [9.17, 15) is 0 Å². The lowest BCUT2D eigenvalue weighted by Crippen LogP contribution is -1.93. The lowest BCUT2D eigenvalue weighted by molar-refractivity contribution is 0.414. The van der Waals surface area contributed by atoms with Crippen molar-refractivity contribution >= 4 is 0 Å². The average molecular weight is 242 g/mol. The Bertz CT molecular complexity index is 559. The molecule has 2 heteroatoms. The highest BCUT2D eigenvalue weighted by molar-refractivity contribution is 5.76. The molecule has 0 aliphatic rings. The van der Waals surface area contributed by atoms with Crippen molar-refractivity contribution in [3.05, 3.63) is 47.5 Å². The molecule has 0 heterocycles. The molecule has 0 bridgehead atoms. The number of ether oxygens (including phenoxy) is 2. The number of hydrogen-bond acceptors (Lipinski definition) is 2. The van der Waals surface area contributed by atoms with Gasteiger partial charge in [-0.1, -0.05) is 18.2 Å². The Kier molecular flexibility index (Phi) is 3.56. The van der Waals surface area contributed by atoms with E-state index in [4.69, 9.17) is 9.47 Å². The smallest absolute Gasteiger partial charge is 0.126 e. The van der Waals surface area contributed by atoms with Crippen LogP contribution in [-0.4, -0.2) is 14.2 Å². The van der Waals surface area contributed by atoms with E-state index in [0.29, 0.717) is 0 Å². The Morgan fingerprint density at radius 1 is 0.833 bits per heavy atom. The molecule has 0 saturated carbocycles. The van der Waals surface area contributed by atoms with Crippen LogP contribution in [0.5, 0.6) is 11.5 Å². The molecule has 0 saturated heterocycles. The Morgan fingerprint density at radius 2 is 1.61 bits per heavy atom. The van der Waals surface area contributed by atoms with E-state index in [2.05, 4.69) is 26.0 Å². The van der Waals surface area contributed by atoms with Crippen LogP contribution in [0.4, 0.5) is 0 Å². The normalized spacial score (nSPS) is 10.2. The van der Waals surface area contributed by atoms with E-state index >= 15 is 0 Å².